The fourth-order valence-electron chi connectivity index (χ4n) is 6.20. The number of fused-ring (bicyclic) bond motifs is 1. The molecule has 0 aliphatic rings. The van der Waals surface area contributed by atoms with Gasteiger partial charge < -0.3 is 9.67 Å². The first-order valence-corrected chi connectivity index (χ1v) is 15.7. The van der Waals surface area contributed by atoms with Crippen LogP contribution in [0.25, 0.3) is 67.1 Å². The Balaban J connectivity index is 0.00000364. The van der Waals surface area contributed by atoms with E-state index in [1.165, 1.54) is 0 Å². The molecule has 234 valence electrons. The molecule has 2 heterocycles. The van der Waals surface area contributed by atoms with Crippen LogP contribution in [0.4, 0.5) is 0 Å². The van der Waals surface area contributed by atoms with Gasteiger partial charge in [-0.2, -0.15) is 0 Å². The molecule has 5 heteroatoms. The van der Waals surface area contributed by atoms with Crippen molar-refractivity contribution in [3.05, 3.63) is 176 Å². The summed E-state index contributed by atoms with van der Waals surface area (Å²) in [6.45, 7) is 0.611. The van der Waals surface area contributed by atoms with Crippen LogP contribution in [0.5, 0.6) is 5.75 Å². The average Bonchev–Trinajstić information content (AvgIpc) is 3.50. The smallest absolute Gasteiger partial charge is 0.144 e. The Kier molecular flexibility index (Phi) is 8.83. The van der Waals surface area contributed by atoms with Crippen molar-refractivity contribution in [1.82, 2.24) is 14.5 Å². The van der Waals surface area contributed by atoms with Gasteiger partial charge in [0.15, 0.2) is 0 Å². The zero-order chi connectivity index (χ0) is 31.6. The number of para-hydroxylation sites is 2. The summed E-state index contributed by atoms with van der Waals surface area (Å²) in [4.78, 5) is 10.0. The molecule has 0 aliphatic heterocycles. The molecule has 8 rings (SSSR count). The van der Waals surface area contributed by atoms with Gasteiger partial charge in [0.2, 0.25) is 0 Å². The molecule has 4 nitrogen and oxygen atoms in total. The summed E-state index contributed by atoms with van der Waals surface area (Å²) in [6, 6.07) is 57.0. The number of hydrogen-bond donors (Lipinski definition) is 1. The molecule has 6 aromatic carbocycles. The van der Waals surface area contributed by atoms with Gasteiger partial charge in [0.25, 0.3) is 0 Å². The Morgan fingerprint density at radius 2 is 1.19 bits per heavy atom. The number of rotatable bonds is 7. The summed E-state index contributed by atoms with van der Waals surface area (Å²) in [5.74, 6) is 0.911. The summed E-state index contributed by atoms with van der Waals surface area (Å²) in [7, 11) is 0. The second-order valence-electron chi connectivity index (χ2n) is 11.6. The summed E-state index contributed by atoms with van der Waals surface area (Å²) in [5, 5.41) is 10.9. The fourth-order valence-corrected chi connectivity index (χ4v) is 6.20. The molecule has 48 heavy (non-hydrogen) atoms. The van der Waals surface area contributed by atoms with Gasteiger partial charge in [0.1, 0.15) is 11.6 Å². The molecule has 2 aromatic heterocycles. The standard InChI is InChI=1S/C43H30N3O.Pt/c47-41-22-11-10-19-38(41)43-45-42-37(20-12-21-40(42)46(43)29-30-13-4-1-5-14-30)35-25-34(32-17-8-3-9-18-32)26-36(27-35)39-28-33(23-24-44-39)31-15-6-2-7-16-31;/h1-26,28,47H,29H2;/q-1;. The third-order valence-corrected chi connectivity index (χ3v) is 8.52. The number of phenolic OH excluding ortho intramolecular Hbond substituents is 1. The molecule has 0 amide bonds. The van der Waals surface area contributed by atoms with Gasteiger partial charge in [-0.15, -0.1) is 23.8 Å². The second kappa shape index (κ2) is 13.7. The zero-order valence-electron chi connectivity index (χ0n) is 25.9. The minimum Gasteiger partial charge on any atom is -0.507 e. The number of phenols is 1. The van der Waals surface area contributed by atoms with Crippen molar-refractivity contribution in [2.24, 2.45) is 0 Å². The first-order chi connectivity index (χ1) is 23.2. The Morgan fingerprint density at radius 1 is 0.562 bits per heavy atom. The first kappa shape index (κ1) is 31.0. The molecule has 0 unspecified atom stereocenters. The Bertz CT molecular complexity index is 2330. The molecule has 0 saturated heterocycles. The van der Waals surface area contributed by atoms with Gasteiger partial charge in [-0.3, -0.25) is 4.98 Å². The summed E-state index contributed by atoms with van der Waals surface area (Å²) < 4.78 is 2.19. The van der Waals surface area contributed by atoms with Crippen molar-refractivity contribution >= 4 is 11.0 Å². The quantitative estimate of drug-likeness (QED) is 0.163. The van der Waals surface area contributed by atoms with E-state index in [1.807, 2.05) is 60.8 Å². The molecule has 0 saturated carbocycles. The van der Waals surface area contributed by atoms with Gasteiger partial charge >= 0.3 is 0 Å². The van der Waals surface area contributed by atoms with Gasteiger partial charge in [-0.1, -0.05) is 138 Å². The van der Waals surface area contributed by atoms with Crippen molar-refractivity contribution in [3.8, 4) is 61.8 Å². The summed E-state index contributed by atoms with van der Waals surface area (Å²) in [5.41, 5.74) is 11.7. The Hall–Kier alpha value is -5.57. The second-order valence-corrected chi connectivity index (χ2v) is 11.6. The number of imidazole rings is 1. The van der Waals surface area contributed by atoms with Crippen LogP contribution >= 0.6 is 0 Å². The van der Waals surface area contributed by atoms with E-state index in [1.54, 1.807) is 6.07 Å². The fraction of sp³-hybridized carbons (Fsp3) is 0.0233. The maximum Gasteiger partial charge on any atom is 0.144 e. The van der Waals surface area contributed by atoms with Gasteiger partial charge in [-0.25, -0.2) is 4.98 Å². The summed E-state index contributed by atoms with van der Waals surface area (Å²) >= 11 is 0. The van der Waals surface area contributed by atoms with Crippen LogP contribution in [0.15, 0.2) is 164 Å². The number of pyridine rings is 1. The first-order valence-electron chi connectivity index (χ1n) is 15.7. The van der Waals surface area contributed by atoms with Crippen molar-refractivity contribution in [1.29, 1.82) is 0 Å². The molecule has 8 aromatic rings. The van der Waals surface area contributed by atoms with Crippen LogP contribution in [0, 0.1) is 6.07 Å². The molecule has 1 N–H and O–H groups in total. The maximum atomic E-state index is 10.9. The van der Waals surface area contributed by atoms with Gasteiger partial charge in [0, 0.05) is 39.5 Å². The van der Waals surface area contributed by atoms with Gasteiger partial charge in [-0.05, 0) is 46.5 Å². The zero-order valence-corrected chi connectivity index (χ0v) is 28.2. The summed E-state index contributed by atoms with van der Waals surface area (Å²) in [6.07, 6.45) is 1.87. The van der Waals surface area contributed by atoms with Gasteiger partial charge in [0.05, 0.1) is 16.6 Å². The van der Waals surface area contributed by atoms with E-state index in [0.29, 0.717) is 17.9 Å². The maximum absolute atomic E-state index is 10.9. The Morgan fingerprint density at radius 3 is 1.92 bits per heavy atom. The average molecular weight is 800 g/mol. The minimum absolute atomic E-state index is 0. The number of aromatic hydroxyl groups is 1. The van der Waals surface area contributed by atoms with E-state index in [2.05, 4.69) is 108 Å². The minimum atomic E-state index is 0. The SMILES string of the molecule is Oc1ccccc1-c1nc2c(-c3[c-]c(-c4cc(-c5ccccc5)ccn4)cc(-c4ccccc4)c3)cccc2n1Cc1ccccc1.[Pt]. The largest absolute Gasteiger partial charge is 0.507 e. The van der Waals surface area contributed by atoms with Crippen LogP contribution in [0.2, 0.25) is 0 Å². The molecular formula is C43H30N3OPt-. The van der Waals surface area contributed by atoms with Crippen LogP contribution in [-0.2, 0) is 27.6 Å². The monoisotopic (exact) mass is 799 g/mol. The van der Waals surface area contributed by atoms with E-state index >= 15 is 0 Å². The van der Waals surface area contributed by atoms with E-state index in [4.69, 9.17) is 9.97 Å². The number of hydrogen-bond acceptors (Lipinski definition) is 3. The number of aromatic nitrogens is 3. The predicted octanol–water partition coefficient (Wildman–Crippen LogP) is 10.3. The molecule has 0 aliphatic carbocycles. The number of benzene rings is 6. The van der Waals surface area contributed by atoms with Crippen molar-refractivity contribution in [2.45, 2.75) is 6.54 Å². The molecule has 0 spiro atoms. The van der Waals surface area contributed by atoms with E-state index < -0.39 is 0 Å². The van der Waals surface area contributed by atoms with Crippen LogP contribution in [0.3, 0.4) is 0 Å². The van der Waals surface area contributed by atoms with E-state index in [0.717, 1.165) is 61.2 Å². The third kappa shape index (κ3) is 6.11. The predicted molar refractivity (Wildman–Crippen MR) is 191 cm³/mol. The topological polar surface area (TPSA) is 50.9 Å². The van der Waals surface area contributed by atoms with Crippen LogP contribution in [-0.4, -0.2) is 19.6 Å². The van der Waals surface area contributed by atoms with Crippen molar-refractivity contribution in [2.75, 3.05) is 0 Å². The van der Waals surface area contributed by atoms with Crippen LogP contribution < -0.4 is 0 Å². The van der Waals surface area contributed by atoms with E-state index in [9.17, 15) is 5.11 Å². The molecule has 0 fully saturated rings. The van der Waals surface area contributed by atoms with Crippen molar-refractivity contribution < 1.29 is 26.2 Å². The molecule has 0 radical (unpaired) electrons. The van der Waals surface area contributed by atoms with Crippen molar-refractivity contribution in [3.63, 3.8) is 0 Å². The normalized spacial score (nSPS) is 10.9. The molecule has 0 bridgehead atoms. The Labute approximate surface area is 294 Å². The molecular weight excluding hydrogens is 770 g/mol. The van der Waals surface area contributed by atoms with E-state index in [-0.39, 0.29) is 26.8 Å². The number of nitrogens with zero attached hydrogens (tertiary/aromatic N) is 3. The molecule has 0 atom stereocenters. The van der Waals surface area contributed by atoms with Crippen LogP contribution in [0.1, 0.15) is 5.56 Å². The third-order valence-electron chi connectivity index (χ3n) is 8.52.